The second-order valence-corrected chi connectivity index (χ2v) is 36.7. The number of halogens is 4. The highest BCUT2D eigenvalue weighted by atomic mass is 32.2. The topological polar surface area (TPSA) is 150 Å². The smallest absolute Gasteiger partial charge is 0.308 e. The first-order chi connectivity index (χ1) is 55.3. The standard InChI is InChI=1S/C22H30FNO.C21H20FN.C20H22FN.C19H30O3.C18H24FN3O2S/c1-13(2)19-20(16-8-10-17(23)11-9-16)18(12-25-7)21(14(3)4)24-22(19)15(5)6;1-13(2)19-20(14-9-11-16(22)12-10-14)17-5-3-4-6-18(17)23-21(19)15-7-8-15;1-13(2)20-19(15-9-11-16(21)12-10-15)17-7-5-6-8-18(17)22(20)14(3)4;1-6-12(4)19(21)22-16-10-15(20)9-14-8-7-13(5)17(11(2)3)18(14)16;1-11(2)15-16(12(3)4)20-18(22(5)25(6,23)24)21-17(15)13-7-9-14(19)10-8-13/h8-11,13-15H,12H2,1-7H3;3-6,9-13,15H,7-8H2,1-2H3;5-14H,1-4H3;7-9,11-13,15-18,20H,6,10H2,1-5H3;7-12H,1-6H3/t;;;12-,13+,15+,16-,17-,18?;/m...0./s1. The maximum absolute atomic E-state index is 13.5. The molecule has 117 heavy (non-hydrogen) atoms. The normalized spacial score (nSPS) is 16.9. The molecule has 1 N–H and O–H groups in total. The number of aliphatic hydroxyl groups excluding tert-OH is 1. The maximum atomic E-state index is 13.5. The Labute approximate surface area is 695 Å². The first-order valence-corrected chi connectivity index (χ1v) is 43.9. The summed E-state index contributed by atoms with van der Waals surface area (Å²) in [7, 11) is -0.348. The van der Waals surface area contributed by atoms with Gasteiger partial charge in [0.05, 0.1) is 41.8 Å². The van der Waals surface area contributed by atoms with Crippen LogP contribution in [0.2, 0.25) is 0 Å². The monoisotopic (exact) mass is 1610 g/mol. The summed E-state index contributed by atoms with van der Waals surface area (Å²) in [6.07, 6.45) is 10.4. The van der Waals surface area contributed by atoms with Crippen LogP contribution in [-0.4, -0.2) is 76.6 Å². The number of esters is 1. The minimum absolute atomic E-state index is 0.0828. The molecule has 12 nitrogen and oxygen atoms in total. The van der Waals surface area contributed by atoms with Crippen LogP contribution in [0.3, 0.4) is 0 Å². The van der Waals surface area contributed by atoms with E-state index in [0.29, 0.717) is 78.0 Å². The quantitative estimate of drug-likeness (QED) is 0.0544. The number of methoxy groups -OCH3 is 1. The highest BCUT2D eigenvalue weighted by molar-refractivity contribution is 7.92. The van der Waals surface area contributed by atoms with Crippen LogP contribution in [0.15, 0.2) is 169 Å². The maximum Gasteiger partial charge on any atom is 0.308 e. The first-order valence-electron chi connectivity index (χ1n) is 42.1. The molecule has 4 aromatic heterocycles. The van der Waals surface area contributed by atoms with Gasteiger partial charge < -0.3 is 19.1 Å². The number of benzene rings is 6. The molecule has 1 unspecified atom stereocenters. The van der Waals surface area contributed by atoms with E-state index >= 15 is 0 Å². The summed E-state index contributed by atoms with van der Waals surface area (Å²) in [6.45, 7) is 45.6. The van der Waals surface area contributed by atoms with Crippen molar-refractivity contribution in [2.24, 2.45) is 29.6 Å². The highest BCUT2D eigenvalue weighted by Gasteiger charge is 2.44. The second kappa shape index (κ2) is 40.1. The lowest BCUT2D eigenvalue weighted by atomic mass is 9.64. The van der Waals surface area contributed by atoms with Gasteiger partial charge in [0.2, 0.25) is 16.0 Å². The molecule has 6 aromatic carbocycles. The van der Waals surface area contributed by atoms with Gasteiger partial charge in [0.1, 0.15) is 29.4 Å². The zero-order valence-corrected chi connectivity index (χ0v) is 74.3. The number of carbonyl (C=O) groups is 1. The van der Waals surface area contributed by atoms with E-state index < -0.39 is 16.1 Å². The molecule has 0 radical (unpaired) electrons. The minimum atomic E-state index is -3.49. The van der Waals surface area contributed by atoms with E-state index in [1.807, 2.05) is 90.1 Å². The van der Waals surface area contributed by atoms with Gasteiger partial charge in [-0.2, -0.15) is 0 Å². The molecule has 0 bridgehead atoms. The van der Waals surface area contributed by atoms with Crippen LogP contribution in [0, 0.1) is 52.9 Å². The van der Waals surface area contributed by atoms with Gasteiger partial charge in [-0.15, -0.1) is 0 Å². The number of hydrogen-bond acceptors (Lipinski definition) is 10. The Morgan fingerprint density at radius 1 is 0.564 bits per heavy atom. The summed E-state index contributed by atoms with van der Waals surface area (Å²) in [4.78, 5) is 31.3. The molecule has 10 aromatic rings. The van der Waals surface area contributed by atoms with E-state index in [4.69, 9.17) is 19.4 Å². The van der Waals surface area contributed by atoms with E-state index in [-0.39, 0.29) is 65.0 Å². The Hall–Kier alpha value is -9.16. The number of anilines is 1. The second-order valence-electron chi connectivity index (χ2n) is 34.7. The van der Waals surface area contributed by atoms with E-state index in [1.165, 1.54) is 94.3 Å². The van der Waals surface area contributed by atoms with Crippen LogP contribution >= 0.6 is 0 Å². The fourth-order valence-corrected chi connectivity index (χ4v) is 17.1. The average Bonchev–Trinajstić information content (AvgIpc) is 1.71. The number of nitrogens with zero attached hydrogens (tertiary/aromatic N) is 6. The summed E-state index contributed by atoms with van der Waals surface area (Å²) in [5, 5.41) is 12.5. The van der Waals surface area contributed by atoms with Gasteiger partial charge in [-0.1, -0.05) is 223 Å². The number of carbonyl (C=O) groups excluding carboxylic acids is 1. The van der Waals surface area contributed by atoms with E-state index in [9.17, 15) is 35.9 Å². The predicted octanol–water partition coefficient (Wildman–Crippen LogP) is 26.3. The molecular weight excluding hydrogens is 1490 g/mol. The van der Waals surface area contributed by atoms with Crippen molar-refractivity contribution in [3.05, 3.63) is 243 Å². The molecule has 0 saturated heterocycles. The average molecular weight is 1620 g/mol. The molecule has 626 valence electrons. The number of hydrogen-bond donors (Lipinski definition) is 1. The number of allylic oxidation sites excluding steroid dienone is 2. The Kier molecular flexibility index (Phi) is 31.4. The van der Waals surface area contributed by atoms with Crippen LogP contribution in [0.5, 0.6) is 0 Å². The van der Waals surface area contributed by atoms with Crippen LogP contribution < -0.4 is 4.31 Å². The Morgan fingerprint density at radius 3 is 1.50 bits per heavy atom. The van der Waals surface area contributed by atoms with Crippen LogP contribution in [0.25, 0.3) is 66.4 Å². The van der Waals surface area contributed by atoms with Crippen molar-refractivity contribution < 1.29 is 45.4 Å². The molecule has 0 aliphatic heterocycles. The molecular formula is C100H126F4N6O6S. The number of sulfonamides is 1. The van der Waals surface area contributed by atoms with Crippen LogP contribution in [-0.2, 0) is 30.9 Å². The van der Waals surface area contributed by atoms with E-state index in [1.54, 1.807) is 43.5 Å². The minimum Gasteiger partial charge on any atom is -0.461 e. The molecule has 17 heteroatoms. The van der Waals surface area contributed by atoms with Crippen molar-refractivity contribution in [2.75, 3.05) is 24.7 Å². The van der Waals surface area contributed by atoms with Gasteiger partial charge >= 0.3 is 5.97 Å². The molecule has 3 aliphatic rings. The number of rotatable bonds is 21. The van der Waals surface area contributed by atoms with Gasteiger partial charge in [-0.05, 0) is 210 Å². The van der Waals surface area contributed by atoms with Gasteiger partial charge in [0.25, 0.3) is 0 Å². The highest BCUT2D eigenvalue weighted by Crippen LogP contribution is 2.49. The van der Waals surface area contributed by atoms with Gasteiger partial charge in [0, 0.05) is 99.8 Å². The number of pyridine rings is 2. The molecule has 1 fully saturated rings. The largest absolute Gasteiger partial charge is 0.461 e. The van der Waals surface area contributed by atoms with E-state index in [0.717, 1.165) is 83.9 Å². The van der Waals surface area contributed by atoms with Crippen LogP contribution in [0.4, 0.5) is 23.5 Å². The lowest BCUT2D eigenvalue weighted by molar-refractivity contribution is -0.159. The number of para-hydroxylation sites is 2. The third-order valence-corrected chi connectivity index (χ3v) is 23.7. The fraction of sp³-hybridized carbons (Fsp3) is 0.450. The van der Waals surface area contributed by atoms with Gasteiger partial charge in [-0.25, -0.2) is 40.3 Å². The van der Waals surface area contributed by atoms with Crippen LogP contribution in [0.1, 0.15) is 275 Å². The molecule has 6 atom stereocenters. The lowest BCUT2D eigenvalue weighted by Crippen LogP contribution is -2.44. The molecule has 0 amide bonds. The lowest BCUT2D eigenvalue weighted by Gasteiger charge is -2.44. The number of aromatic nitrogens is 5. The SMILES string of the molecule is CC(C)c1c(-c2ccc(F)cc2)c2ccccc2n1C(C)C.CC(C)c1c(C2CC2)nc2ccccc2c1-c1ccc(F)cc1.CC(C)c1nc(N(C)S(C)(=O)=O)nc(-c2ccc(F)cc2)c1C(C)C.CC[C@H](C)C(=O)O[C@H]1C[C@H](O)C=C2C=C[C@@H](C)[C@H](C(C)C)C21.COCc1c(C(C)C)nc(C(C)C)c(C(C)C)c1-c1ccc(F)cc1. The summed E-state index contributed by atoms with van der Waals surface area (Å²) >= 11 is 0. The van der Waals surface area contributed by atoms with Crippen molar-refractivity contribution in [1.29, 1.82) is 0 Å². The molecule has 4 heterocycles. The number of aliphatic hydroxyl groups is 1. The molecule has 13 rings (SSSR count). The summed E-state index contributed by atoms with van der Waals surface area (Å²) < 4.78 is 92.2. The van der Waals surface area contributed by atoms with Crippen molar-refractivity contribution in [3.63, 3.8) is 0 Å². The van der Waals surface area contributed by atoms with Crippen molar-refractivity contribution in [1.82, 2.24) is 24.5 Å². The van der Waals surface area contributed by atoms with E-state index in [2.05, 4.69) is 173 Å². The summed E-state index contributed by atoms with van der Waals surface area (Å²) in [5.41, 5.74) is 21.9. The fourth-order valence-electron chi connectivity index (χ4n) is 16.7. The van der Waals surface area contributed by atoms with Crippen molar-refractivity contribution in [2.45, 2.75) is 243 Å². The number of fused-ring (bicyclic) bond motifs is 3. The van der Waals surface area contributed by atoms with Crippen molar-refractivity contribution >= 4 is 43.7 Å². The zero-order chi connectivity index (χ0) is 85.9. The Bertz CT molecular complexity index is 5200. The third-order valence-electron chi connectivity index (χ3n) is 22.6. The third kappa shape index (κ3) is 21.8. The molecule has 3 aliphatic carbocycles. The molecule has 0 spiro atoms. The first kappa shape index (κ1) is 91.7. The predicted molar refractivity (Wildman–Crippen MR) is 475 cm³/mol. The number of ether oxygens (including phenoxy) is 2. The van der Waals surface area contributed by atoms with Crippen molar-refractivity contribution in [3.8, 4) is 44.6 Å². The van der Waals surface area contributed by atoms with Gasteiger partial charge in [0.15, 0.2) is 0 Å². The van der Waals surface area contributed by atoms with Gasteiger partial charge in [-0.3, -0.25) is 14.8 Å². The Balaban J connectivity index is 0.000000167. The summed E-state index contributed by atoms with van der Waals surface area (Å²) in [5.74, 6) is 3.13. The summed E-state index contributed by atoms with van der Waals surface area (Å²) in [6, 6.07) is 43.7. The molecule has 1 saturated carbocycles. The Morgan fingerprint density at radius 2 is 1.04 bits per heavy atom. The zero-order valence-electron chi connectivity index (χ0n) is 73.5.